The largest absolute Gasteiger partial charge is 0.350 e. The molecule has 70 heavy (non-hydrogen) atoms. The minimum atomic E-state index is -0.359. The van der Waals surface area contributed by atoms with Crippen LogP contribution in [0.15, 0.2) is 133 Å². The lowest BCUT2D eigenvalue weighted by atomic mass is 10.00. The molecule has 4 amide bonds. The van der Waals surface area contributed by atoms with Gasteiger partial charge < -0.3 is 42.5 Å². The number of nitrogens with two attached hydrogens (primary N) is 2. The lowest BCUT2D eigenvalue weighted by Crippen LogP contribution is -2.49. The van der Waals surface area contributed by atoms with E-state index >= 15 is 0 Å². The number of halogens is 2. The van der Waals surface area contributed by atoms with Crippen LogP contribution in [-0.2, 0) is 9.59 Å². The lowest BCUT2D eigenvalue weighted by Gasteiger charge is -2.27. The summed E-state index contributed by atoms with van der Waals surface area (Å²) < 4.78 is 0. The smallest absolute Gasteiger partial charge is 0.251 e. The van der Waals surface area contributed by atoms with Crippen molar-refractivity contribution < 1.29 is 19.2 Å². The van der Waals surface area contributed by atoms with Crippen LogP contribution in [0.2, 0.25) is 10.0 Å². The Morgan fingerprint density at radius 2 is 0.943 bits per heavy atom. The molecule has 2 aliphatic heterocycles. The summed E-state index contributed by atoms with van der Waals surface area (Å²) in [6.07, 6.45) is 2.61. The highest BCUT2D eigenvalue weighted by Crippen LogP contribution is 2.24. The van der Waals surface area contributed by atoms with Crippen molar-refractivity contribution in [1.82, 2.24) is 31.1 Å². The Bertz CT molecular complexity index is 2520. The first-order chi connectivity index (χ1) is 33.9. The summed E-state index contributed by atoms with van der Waals surface area (Å²) in [6.45, 7) is 8.46. The van der Waals surface area contributed by atoms with Gasteiger partial charge in [0.1, 0.15) is 0 Å². The molecular weight excluding hydrogens is 920 g/mol. The van der Waals surface area contributed by atoms with E-state index in [-0.39, 0.29) is 59.6 Å². The summed E-state index contributed by atoms with van der Waals surface area (Å²) >= 11 is 12.1. The maximum absolute atomic E-state index is 13.3. The van der Waals surface area contributed by atoms with Gasteiger partial charge in [0.05, 0.1) is 12.1 Å². The van der Waals surface area contributed by atoms with Crippen LogP contribution in [-0.4, -0.2) is 110 Å². The van der Waals surface area contributed by atoms with E-state index in [2.05, 4.69) is 35.1 Å². The number of nitrogens with one attached hydrogen (secondary N) is 4. The molecule has 6 atom stereocenters. The Labute approximate surface area is 421 Å². The molecule has 0 aliphatic carbocycles. The number of fused-ring (bicyclic) bond motifs is 2. The summed E-state index contributed by atoms with van der Waals surface area (Å²) in [5.41, 5.74) is 15.2. The molecule has 0 bridgehead atoms. The van der Waals surface area contributed by atoms with Crippen molar-refractivity contribution in [2.24, 2.45) is 11.5 Å². The number of carbonyl (C=O) groups excluding carboxylic acids is 4. The first-order valence-electron chi connectivity index (χ1n) is 24.4. The summed E-state index contributed by atoms with van der Waals surface area (Å²) in [5.74, 6) is 0.269. The normalized spacial score (nSPS) is 19.4. The molecule has 12 nitrogen and oxygen atoms in total. The fourth-order valence-corrected chi connectivity index (χ4v) is 9.60. The number of amides is 4. The molecule has 8 rings (SSSR count). The molecule has 2 fully saturated rings. The molecule has 2 aliphatic rings. The fraction of sp³-hybridized carbons (Fsp3) is 0.357. The van der Waals surface area contributed by atoms with E-state index in [0.717, 1.165) is 45.5 Å². The van der Waals surface area contributed by atoms with Gasteiger partial charge in [0.2, 0.25) is 11.8 Å². The molecule has 0 radical (unpaired) electrons. The van der Waals surface area contributed by atoms with Crippen molar-refractivity contribution in [1.29, 1.82) is 0 Å². The van der Waals surface area contributed by atoms with Crippen LogP contribution >= 0.6 is 23.2 Å². The summed E-state index contributed by atoms with van der Waals surface area (Å²) in [4.78, 5) is 56.1. The Kier molecular flexibility index (Phi) is 18.8. The lowest BCUT2D eigenvalue weighted by molar-refractivity contribution is -0.133. The van der Waals surface area contributed by atoms with Gasteiger partial charge in [-0.05, 0) is 132 Å². The van der Waals surface area contributed by atoms with Gasteiger partial charge in [-0.3, -0.25) is 19.2 Å². The van der Waals surface area contributed by atoms with Gasteiger partial charge in [0.15, 0.2) is 0 Å². The Hall–Kier alpha value is -5.86. The van der Waals surface area contributed by atoms with E-state index in [4.69, 9.17) is 34.7 Å². The maximum Gasteiger partial charge on any atom is 0.251 e. The summed E-state index contributed by atoms with van der Waals surface area (Å²) in [5, 5.41) is 18.7. The zero-order chi connectivity index (χ0) is 49.6. The first-order valence-corrected chi connectivity index (χ1v) is 25.2. The second-order valence-corrected chi connectivity index (χ2v) is 19.5. The third kappa shape index (κ3) is 14.1. The van der Waals surface area contributed by atoms with Gasteiger partial charge in [-0.2, -0.15) is 0 Å². The number of nitrogens with zero attached hydrogens (tertiary/aromatic N) is 2. The number of hydrogen-bond acceptors (Lipinski definition) is 8. The highest BCUT2D eigenvalue weighted by molar-refractivity contribution is 6.30. The summed E-state index contributed by atoms with van der Waals surface area (Å²) in [6, 6.07) is 42.2. The predicted molar refractivity (Wildman–Crippen MR) is 283 cm³/mol. The average molecular weight is 986 g/mol. The van der Waals surface area contributed by atoms with Gasteiger partial charge in [-0.25, -0.2) is 0 Å². The quantitative estimate of drug-likeness (QED) is 0.0569. The SMILES string of the molecule is CC(CN1CC[C@@H](CNC(=O)c2ccc3ccccc3c2)N[C@@H](CCN)C1=O)c1ccc(Cl)cc1.CC(CN1CC[C@@H](CNC(=O)c2ccc3ccccc3c2)N[C@@H](CCN)C1=O)c1ccc(Cl)cc1. The fourth-order valence-electron chi connectivity index (χ4n) is 9.35. The zero-order valence-electron chi connectivity index (χ0n) is 40.1. The van der Waals surface area contributed by atoms with Crippen LogP contribution in [0, 0.1) is 0 Å². The molecular formula is C56H66Cl2N8O4. The molecule has 6 aromatic carbocycles. The molecule has 0 spiro atoms. The van der Waals surface area contributed by atoms with Gasteiger partial charge in [-0.1, -0.05) is 122 Å². The predicted octanol–water partition coefficient (Wildman–Crippen LogP) is 7.87. The molecule has 6 aromatic rings. The molecule has 8 N–H and O–H groups in total. The van der Waals surface area contributed by atoms with Crippen LogP contribution in [0.1, 0.15) is 83.2 Å². The second-order valence-electron chi connectivity index (χ2n) is 18.6. The molecule has 2 unspecified atom stereocenters. The van der Waals surface area contributed by atoms with Crippen molar-refractivity contribution in [3.8, 4) is 0 Å². The average Bonchev–Trinajstić information content (AvgIpc) is 3.61. The molecule has 2 saturated heterocycles. The third-order valence-corrected chi connectivity index (χ3v) is 13.9. The third-order valence-electron chi connectivity index (χ3n) is 13.4. The van der Waals surface area contributed by atoms with Crippen LogP contribution in [0.3, 0.4) is 0 Å². The Balaban J connectivity index is 0.000000206. The van der Waals surface area contributed by atoms with E-state index in [1.165, 1.54) is 0 Å². The van der Waals surface area contributed by atoms with Crippen LogP contribution < -0.4 is 32.7 Å². The molecule has 0 aromatic heterocycles. The number of rotatable bonds is 16. The van der Waals surface area contributed by atoms with Gasteiger partial charge >= 0.3 is 0 Å². The summed E-state index contributed by atoms with van der Waals surface area (Å²) in [7, 11) is 0. The van der Waals surface area contributed by atoms with E-state index in [9.17, 15) is 19.2 Å². The van der Waals surface area contributed by atoms with Crippen LogP contribution in [0.5, 0.6) is 0 Å². The van der Waals surface area contributed by atoms with E-state index in [1.807, 2.05) is 143 Å². The minimum absolute atomic E-state index is 0.0178. The standard InChI is InChI=1S/2C28H33ClN4O2/c2*1-19(20-8-10-24(29)11-9-20)18-33-15-13-25(32-26(12-14-30)28(33)35)17-31-27(34)23-7-6-21-4-2-3-5-22(21)16-23/h2*2-11,16,19,25-26,32H,12-15,17-18,30H2,1H3,(H,31,34)/t2*19?,25-,26-/m00/s1. The topological polar surface area (TPSA) is 175 Å². The number of hydrogen-bond donors (Lipinski definition) is 6. The number of carbonyl (C=O) groups is 4. The van der Waals surface area contributed by atoms with Gasteiger partial charge in [-0.15, -0.1) is 0 Å². The first kappa shape index (κ1) is 52.0. The van der Waals surface area contributed by atoms with E-state index < -0.39 is 0 Å². The molecule has 0 saturated carbocycles. The second kappa shape index (κ2) is 25.3. The van der Waals surface area contributed by atoms with Crippen LogP contribution in [0.4, 0.5) is 0 Å². The monoisotopic (exact) mass is 984 g/mol. The van der Waals surface area contributed by atoms with Crippen molar-refractivity contribution in [2.75, 3.05) is 52.4 Å². The van der Waals surface area contributed by atoms with E-state index in [0.29, 0.717) is 86.4 Å². The zero-order valence-corrected chi connectivity index (χ0v) is 41.6. The van der Waals surface area contributed by atoms with Crippen molar-refractivity contribution in [3.05, 3.63) is 166 Å². The van der Waals surface area contributed by atoms with Gasteiger partial charge in [0.25, 0.3) is 11.8 Å². The molecule has 368 valence electrons. The molecule has 14 heteroatoms. The Morgan fingerprint density at radius 1 is 0.571 bits per heavy atom. The number of benzene rings is 6. The minimum Gasteiger partial charge on any atom is -0.350 e. The highest BCUT2D eigenvalue weighted by atomic mass is 35.5. The Morgan fingerprint density at radius 3 is 1.31 bits per heavy atom. The van der Waals surface area contributed by atoms with Crippen molar-refractivity contribution >= 4 is 68.4 Å². The van der Waals surface area contributed by atoms with Crippen LogP contribution in [0.25, 0.3) is 21.5 Å². The highest BCUT2D eigenvalue weighted by Gasteiger charge is 2.33. The van der Waals surface area contributed by atoms with Gasteiger partial charge in [0, 0.05) is 72.5 Å². The van der Waals surface area contributed by atoms with E-state index in [1.54, 1.807) is 0 Å². The maximum atomic E-state index is 13.3. The molecule has 2 heterocycles. The van der Waals surface area contributed by atoms with Crippen molar-refractivity contribution in [2.45, 2.75) is 75.5 Å². The van der Waals surface area contributed by atoms with Crippen molar-refractivity contribution in [3.63, 3.8) is 0 Å².